The van der Waals surface area contributed by atoms with Gasteiger partial charge in [0.2, 0.25) is 0 Å². The number of benzene rings is 2. The van der Waals surface area contributed by atoms with E-state index in [1.807, 2.05) is 41.2 Å². The smallest absolute Gasteiger partial charge is 0.180 e. The summed E-state index contributed by atoms with van der Waals surface area (Å²) in [5, 5.41) is 16.5. The lowest BCUT2D eigenvalue weighted by molar-refractivity contribution is 0.579. The van der Waals surface area contributed by atoms with Crippen molar-refractivity contribution in [3.8, 4) is 0 Å². The maximum atomic E-state index is 5.92. The number of nitrogens with zero attached hydrogens (tertiary/aromatic N) is 6. The van der Waals surface area contributed by atoms with Gasteiger partial charge in [-0.05, 0) is 30.2 Å². The molecule has 150 valence electrons. The molecule has 0 bridgehead atoms. The van der Waals surface area contributed by atoms with Gasteiger partial charge in [-0.2, -0.15) is 5.10 Å². The van der Waals surface area contributed by atoms with E-state index in [1.165, 1.54) is 17.3 Å². The summed E-state index contributed by atoms with van der Waals surface area (Å²) in [6.07, 6.45) is 5.28. The third-order valence-electron chi connectivity index (χ3n) is 4.30. The fourth-order valence-electron chi connectivity index (χ4n) is 2.73. The van der Waals surface area contributed by atoms with E-state index in [0.29, 0.717) is 5.17 Å². The molecule has 1 aromatic heterocycles. The van der Waals surface area contributed by atoms with Gasteiger partial charge in [0.1, 0.15) is 0 Å². The second-order valence-electron chi connectivity index (χ2n) is 6.29. The third-order valence-corrected chi connectivity index (χ3v) is 5.16. The van der Waals surface area contributed by atoms with Crippen molar-refractivity contribution in [1.82, 2.24) is 15.0 Å². The van der Waals surface area contributed by atoms with E-state index in [9.17, 15) is 0 Å². The van der Waals surface area contributed by atoms with Gasteiger partial charge in [0, 0.05) is 30.7 Å². The fourth-order valence-corrected chi connectivity index (χ4v) is 3.34. The number of hydrogen-bond acceptors (Lipinski definition) is 6. The summed E-state index contributed by atoms with van der Waals surface area (Å²) in [7, 11) is 0. The molecule has 0 saturated carbocycles. The number of anilines is 1. The van der Waals surface area contributed by atoms with Gasteiger partial charge in [-0.1, -0.05) is 59.4 Å². The van der Waals surface area contributed by atoms with Crippen molar-refractivity contribution in [2.75, 3.05) is 18.0 Å². The Morgan fingerprint density at radius 3 is 2.66 bits per heavy atom. The zero-order chi connectivity index (χ0) is 20.3. The fraction of sp³-hybridized carbons (Fsp3) is 0.238. The summed E-state index contributed by atoms with van der Waals surface area (Å²) >= 11 is 1.47. The molecule has 0 saturated heterocycles. The van der Waals surface area contributed by atoms with E-state index in [2.05, 4.69) is 56.6 Å². The summed E-state index contributed by atoms with van der Waals surface area (Å²) in [5.74, 6) is 0.780. The number of likely N-dealkylation sites (N-methyl/N-ethyl adjacent to an activating group) is 1. The van der Waals surface area contributed by atoms with E-state index in [-0.39, 0.29) is 0 Å². The minimum atomic E-state index is 0.451. The number of amidine groups is 1. The van der Waals surface area contributed by atoms with Crippen LogP contribution in [0.2, 0.25) is 0 Å². The predicted molar refractivity (Wildman–Crippen MR) is 121 cm³/mol. The van der Waals surface area contributed by atoms with Crippen LogP contribution in [0.25, 0.3) is 0 Å². The Morgan fingerprint density at radius 2 is 1.97 bits per heavy atom. The van der Waals surface area contributed by atoms with E-state index in [0.717, 1.165) is 36.6 Å². The van der Waals surface area contributed by atoms with Crippen LogP contribution < -0.4 is 10.6 Å². The number of thioether (sulfide) groups is 1. The maximum Gasteiger partial charge on any atom is 0.180 e. The molecule has 29 heavy (non-hydrogen) atoms. The van der Waals surface area contributed by atoms with Crippen LogP contribution in [0, 0.1) is 0 Å². The summed E-state index contributed by atoms with van der Waals surface area (Å²) in [6, 6.07) is 18.4. The van der Waals surface area contributed by atoms with Crippen LogP contribution in [-0.4, -0.2) is 39.5 Å². The van der Waals surface area contributed by atoms with Crippen LogP contribution in [0.3, 0.4) is 0 Å². The van der Waals surface area contributed by atoms with Crippen LogP contribution >= 0.6 is 11.8 Å². The Hall–Kier alpha value is -3.13. The molecule has 7 nitrogen and oxygen atoms in total. The highest BCUT2D eigenvalue weighted by Crippen LogP contribution is 2.15. The van der Waals surface area contributed by atoms with Gasteiger partial charge in [-0.3, -0.25) is 4.68 Å². The first kappa shape index (κ1) is 20.6. The van der Waals surface area contributed by atoms with Crippen LogP contribution in [0.15, 0.2) is 77.2 Å². The third kappa shape index (κ3) is 6.76. The Bertz CT molecular complexity index is 906. The molecule has 0 radical (unpaired) electrons. The van der Waals surface area contributed by atoms with Gasteiger partial charge >= 0.3 is 0 Å². The van der Waals surface area contributed by atoms with Crippen LogP contribution in [0.4, 0.5) is 5.69 Å². The molecule has 0 amide bonds. The molecule has 3 aromatic rings. The Balaban J connectivity index is 1.50. The average Bonchev–Trinajstić information content (AvgIpc) is 3.28. The van der Waals surface area contributed by atoms with E-state index >= 15 is 0 Å². The average molecular weight is 408 g/mol. The molecule has 0 aliphatic carbocycles. The largest absolute Gasteiger partial charge is 0.377 e. The first-order valence-electron chi connectivity index (χ1n) is 9.47. The molecule has 8 heteroatoms. The van der Waals surface area contributed by atoms with Gasteiger partial charge in [0.05, 0.1) is 19.0 Å². The topological polar surface area (TPSA) is 84.7 Å². The summed E-state index contributed by atoms with van der Waals surface area (Å²) in [5.41, 5.74) is 9.27. The lowest BCUT2D eigenvalue weighted by Crippen LogP contribution is -2.27. The highest BCUT2D eigenvalue weighted by molar-refractivity contribution is 8.13. The van der Waals surface area contributed by atoms with Crippen LogP contribution in [0.1, 0.15) is 18.1 Å². The molecule has 3 rings (SSSR count). The molecule has 0 atom stereocenters. The van der Waals surface area contributed by atoms with Crippen molar-refractivity contribution >= 4 is 28.8 Å². The molecule has 1 heterocycles. The number of aromatic nitrogens is 3. The molecular formula is C21H25N7S. The van der Waals surface area contributed by atoms with Gasteiger partial charge in [-0.15, -0.1) is 10.2 Å². The maximum absolute atomic E-state index is 5.92. The molecule has 0 aliphatic rings. The molecule has 0 unspecified atom stereocenters. The lowest BCUT2D eigenvalue weighted by Gasteiger charge is -2.23. The van der Waals surface area contributed by atoms with Crippen LogP contribution in [-0.2, 0) is 12.3 Å². The van der Waals surface area contributed by atoms with Crippen molar-refractivity contribution in [3.63, 3.8) is 0 Å². The van der Waals surface area contributed by atoms with E-state index < -0.39 is 0 Å². The Kier molecular flexibility index (Phi) is 7.82. The number of rotatable bonds is 9. The molecule has 0 aliphatic heterocycles. The number of hydrogen-bond donors (Lipinski definition) is 1. The zero-order valence-corrected chi connectivity index (χ0v) is 17.2. The summed E-state index contributed by atoms with van der Waals surface area (Å²) in [4.78, 5) is 2.29. The summed E-state index contributed by atoms with van der Waals surface area (Å²) in [6.45, 7) is 4.72. The second kappa shape index (κ2) is 11.0. The Labute approximate surface area is 175 Å². The van der Waals surface area contributed by atoms with E-state index in [1.54, 1.807) is 12.4 Å². The molecule has 2 aromatic carbocycles. The van der Waals surface area contributed by atoms with E-state index in [4.69, 9.17) is 5.73 Å². The lowest BCUT2D eigenvalue weighted by atomic mass is 10.2. The van der Waals surface area contributed by atoms with Gasteiger partial charge in [0.15, 0.2) is 5.17 Å². The normalized spacial score (nSPS) is 11.8. The highest BCUT2D eigenvalue weighted by atomic mass is 32.2. The highest BCUT2D eigenvalue weighted by Gasteiger charge is 2.04. The van der Waals surface area contributed by atoms with Crippen molar-refractivity contribution in [2.24, 2.45) is 15.9 Å². The predicted octanol–water partition coefficient (Wildman–Crippen LogP) is 3.39. The van der Waals surface area contributed by atoms with Crippen molar-refractivity contribution in [3.05, 3.63) is 78.1 Å². The molecule has 0 spiro atoms. The second-order valence-corrected chi connectivity index (χ2v) is 7.29. The van der Waals surface area contributed by atoms with Crippen molar-refractivity contribution < 1.29 is 0 Å². The first-order chi connectivity index (χ1) is 14.2. The first-order valence-corrected chi connectivity index (χ1v) is 10.5. The van der Waals surface area contributed by atoms with Crippen molar-refractivity contribution in [2.45, 2.75) is 19.2 Å². The SMILES string of the molecule is CCN(CCn1ccnn1)c1ccc(C=NN=C(N)SCc2ccccc2)cc1. The molecule has 0 fully saturated rings. The Morgan fingerprint density at radius 1 is 1.17 bits per heavy atom. The minimum Gasteiger partial charge on any atom is -0.377 e. The molecular weight excluding hydrogens is 382 g/mol. The van der Waals surface area contributed by atoms with Gasteiger partial charge in [-0.25, -0.2) is 0 Å². The minimum absolute atomic E-state index is 0.451. The van der Waals surface area contributed by atoms with Crippen molar-refractivity contribution in [1.29, 1.82) is 0 Å². The van der Waals surface area contributed by atoms with Gasteiger partial charge < -0.3 is 10.6 Å². The number of nitrogens with two attached hydrogens (primary N) is 1. The molecule has 2 N–H and O–H groups in total. The van der Waals surface area contributed by atoms with Crippen LogP contribution in [0.5, 0.6) is 0 Å². The van der Waals surface area contributed by atoms with Gasteiger partial charge in [0.25, 0.3) is 0 Å². The quantitative estimate of drug-likeness (QED) is 0.334. The standard InChI is InChI=1S/C21H25N7S/c1-2-27(14-15-28-13-12-23-26-28)20-10-8-18(9-11-20)16-24-25-21(22)29-17-19-6-4-3-5-7-19/h3-13,16H,2,14-15,17H2,1H3,(H2,22,25). The summed E-state index contributed by atoms with van der Waals surface area (Å²) < 4.78 is 1.84. The monoisotopic (exact) mass is 407 g/mol. The zero-order valence-electron chi connectivity index (χ0n) is 16.4.